The first kappa shape index (κ1) is 12.6. The van der Waals surface area contributed by atoms with Gasteiger partial charge >= 0.3 is 0 Å². The van der Waals surface area contributed by atoms with Crippen molar-refractivity contribution in [2.75, 3.05) is 0 Å². The van der Waals surface area contributed by atoms with Crippen molar-refractivity contribution in [3.05, 3.63) is 65.1 Å². The van der Waals surface area contributed by atoms with E-state index < -0.39 is 16.0 Å². The molecule has 1 atom stereocenters. The van der Waals surface area contributed by atoms with Crippen LogP contribution in [0.15, 0.2) is 58.7 Å². The Labute approximate surface area is 108 Å². The third-order valence-corrected chi connectivity index (χ3v) is 3.53. The maximum atomic E-state index is 13.8. The fraction of sp³-hybridized carbons (Fsp3) is 0.0714. The summed E-state index contributed by atoms with van der Waals surface area (Å²) in [6.45, 7) is 1.92. The molecule has 18 heavy (non-hydrogen) atoms. The Morgan fingerprint density at radius 1 is 1.22 bits per heavy atom. The van der Waals surface area contributed by atoms with E-state index in [0.717, 1.165) is 5.56 Å². The molecule has 1 aromatic carbocycles. The van der Waals surface area contributed by atoms with Crippen LogP contribution in [0.25, 0.3) is 6.08 Å². The molecule has 0 fully saturated rings. The first-order valence-electron chi connectivity index (χ1n) is 5.43. The van der Waals surface area contributed by atoms with E-state index in [0.29, 0.717) is 10.6 Å². The van der Waals surface area contributed by atoms with Crippen molar-refractivity contribution in [1.29, 1.82) is 0 Å². The van der Waals surface area contributed by atoms with Crippen LogP contribution in [0.2, 0.25) is 0 Å². The van der Waals surface area contributed by atoms with Crippen LogP contribution in [-0.2, 0) is 10.8 Å². The SMILES string of the molecule is Cc1ccc([S@](=O)/C(F)=C/c2ccccn2)cc1. The summed E-state index contributed by atoms with van der Waals surface area (Å²) in [6, 6.07) is 12.1. The predicted molar refractivity (Wildman–Crippen MR) is 70.9 cm³/mol. The summed E-state index contributed by atoms with van der Waals surface area (Å²) in [7, 11) is -1.78. The zero-order chi connectivity index (χ0) is 13.0. The van der Waals surface area contributed by atoms with Gasteiger partial charge in [0, 0.05) is 17.2 Å². The summed E-state index contributed by atoms with van der Waals surface area (Å²) in [4.78, 5) is 4.41. The summed E-state index contributed by atoms with van der Waals surface area (Å²) >= 11 is 0. The van der Waals surface area contributed by atoms with Crippen molar-refractivity contribution in [2.24, 2.45) is 0 Å². The highest BCUT2D eigenvalue weighted by Gasteiger charge is 2.09. The molecule has 2 aromatic rings. The standard InChI is InChI=1S/C14H12FNOS/c1-11-5-7-13(8-6-11)18(17)14(15)10-12-4-2-3-9-16-12/h2-10H,1H3/b14-10+/t18-/m0/s1. The minimum absolute atomic E-state index is 0.449. The Balaban J connectivity index is 2.24. The third kappa shape index (κ3) is 3.11. The van der Waals surface area contributed by atoms with Gasteiger partial charge < -0.3 is 0 Å². The van der Waals surface area contributed by atoms with Gasteiger partial charge in [-0.3, -0.25) is 4.98 Å². The topological polar surface area (TPSA) is 30.0 Å². The molecule has 0 spiro atoms. The molecule has 0 bridgehead atoms. The molecule has 0 saturated carbocycles. The molecule has 0 radical (unpaired) electrons. The molecular formula is C14H12FNOS. The van der Waals surface area contributed by atoms with Gasteiger partial charge in [0.1, 0.15) is 10.8 Å². The van der Waals surface area contributed by atoms with Crippen LogP contribution in [-0.4, -0.2) is 9.19 Å². The van der Waals surface area contributed by atoms with Crippen LogP contribution >= 0.6 is 0 Å². The lowest BCUT2D eigenvalue weighted by atomic mass is 10.2. The van der Waals surface area contributed by atoms with E-state index in [2.05, 4.69) is 4.98 Å². The van der Waals surface area contributed by atoms with Gasteiger partial charge in [0.25, 0.3) is 0 Å². The predicted octanol–water partition coefficient (Wildman–Crippen LogP) is 3.47. The number of rotatable bonds is 3. The van der Waals surface area contributed by atoms with E-state index in [4.69, 9.17) is 0 Å². The maximum Gasteiger partial charge on any atom is 0.193 e. The second kappa shape index (κ2) is 5.69. The molecular weight excluding hydrogens is 249 g/mol. The van der Waals surface area contributed by atoms with Crippen molar-refractivity contribution < 1.29 is 8.60 Å². The monoisotopic (exact) mass is 261 g/mol. The second-order valence-corrected chi connectivity index (χ2v) is 5.18. The number of pyridine rings is 1. The Hall–Kier alpha value is -1.81. The summed E-state index contributed by atoms with van der Waals surface area (Å²) in [6.07, 6.45) is 2.75. The van der Waals surface area contributed by atoms with E-state index in [1.54, 1.807) is 48.7 Å². The quantitative estimate of drug-likeness (QED) is 0.846. The fourth-order valence-electron chi connectivity index (χ4n) is 1.41. The third-order valence-electron chi connectivity index (χ3n) is 2.36. The second-order valence-electron chi connectivity index (χ2n) is 3.78. The van der Waals surface area contributed by atoms with E-state index in [9.17, 15) is 8.60 Å². The van der Waals surface area contributed by atoms with E-state index >= 15 is 0 Å². The van der Waals surface area contributed by atoms with Crippen molar-refractivity contribution >= 4 is 16.9 Å². The molecule has 0 aliphatic heterocycles. The van der Waals surface area contributed by atoms with E-state index in [1.165, 1.54) is 6.08 Å². The largest absolute Gasteiger partial charge is 0.257 e. The minimum atomic E-state index is -1.78. The van der Waals surface area contributed by atoms with Gasteiger partial charge in [-0.2, -0.15) is 4.39 Å². The van der Waals surface area contributed by atoms with Gasteiger partial charge in [-0.25, -0.2) is 4.21 Å². The van der Waals surface area contributed by atoms with Gasteiger partial charge in [0.2, 0.25) is 0 Å². The van der Waals surface area contributed by atoms with E-state index in [-0.39, 0.29) is 0 Å². The Morgan fingerprint density at radius 3 is 2.56 bits per heavy atom. The zero-order valence-electron chi connectivity index (χ0n) is 9.84. The van der Waals surface area contributed by atoms with Crippen LogP contribution in [0.5, 0.6) is 0 Å². The van der Waals surface area contributed by atoms with Crippen LogP contribution in [0.1, 0.15) is 11.3 Å². The normalized spacial score (nSPS) is 13.3. The summed E-state index contributed by atoms with van der Waals surface area (Å²) < 4.78 is 25.7. The van der Waals surface area contributed by atoms with E-state index in [1.807, 2.05) is 6.92 Å². The molecule has 2 nitrogen and oxygen atoms in total. The van der Waals surface area contributed by atoms with Gasteiger partial charge in [-0.1, -0.05) is 23.8 Å². The molecule has 4 heteroatoms. The number of hydrogen-bond donors (Lipinski definition) is 0. The Bertz CT molecular complexity index is 579. The van der Waals surface area contributed by atoms with Crippen LogP contribution in [0.3, 0.4) is 0 Å². The Morgan fingerprint density at radius 2 is 1.94 bits per heavy atom. The highest BCUT2D eigenvalue weighted by molar-refractivity contribution is 7.89. The summed E-state index contributed by atoms with van der Waals surface area (Å²) in [5.41, 5.74) is 1.50. The van der Waals surface area contributed by atoms with Crippen molar-refractivity contribution in [3.63, 3.8) is 0 Å². The lowest BCUT2D eigenvalue weighted by molar-refractivity contribution is 0.653. The maximum absolute atomic E-state index is 13.8. The smallest absolute Gasteiger partial charge is 0.193 e. The molecule has 0 aliphatic carbocycles. The number of benzene rings is 1. The highest BCUT2D eigenvalue weighted by atomic mass is 32.2. The molecule has 0 aliphatic rings. The van der Waals surface area contributed by atoms with Gasteiger partial charge in [0.15, 0.2) is 5.16 Å². The number of nitrogens with zero attached hydrogens (tertiary/aromatic N) is 1. The fourth-order valence-corrected chi connectivity index (χ4v) is 2.24. The molecule has 2 rings (SSSR count). The minimum Gasteiger partial charge on any atom is -0.257 e. The van der Waals surface area contributed by atoms with Crippen LogP contribution in [0, 0.1) is 6.92 Å². The molecule has 0 unspecified atom stereocenters. The Kier molecular flexibility index (Phi) is 3.99. The first-order chi connectivity index (χ1) is 8.66. The molecule has 0 N–H and O–H groups in total. The summed E-state index contributed by atoms with van der Waals surface area (Å²) in [5.74, 6) is 0. The van der Waals surface area contributed by atoms with Gasteiger partial charge in [-0.15, -0.1) is 0 Å². The van der Waals surface area contributed by atoms with Gasteiger partial charge in [0.05, 0.1) is 5.69 Å². The molecule has 92 valence electrons. The molecule has 0 amide bonds. The average molecular weight is 261 g/mol. The van der Waals surface area contributed by atoms with Crippen LogP contribution < -0.4 is 0 Å². The first-order valence-corrected chi connectivity index (χ1v) is 6.58. The van der Waals surface area contributed by atoms with Crippen molar-refractivity contribution in [1.82, 2.24) is 4.98 Å². The highest BCUT2D eigenvalue weighted by Crippen LogP contribution is 2.18. The number of aromatic nitrogens is 1. The lowest BCUT2D eigenvalue weighted by Gasteiger charge is -2.00. The summed E-state index contributed by atoms with van der Waals surface area (Å²) in [5, 5.41) is -0.697. The van der Waals surface area contributed by atoms with Gasteiger partial charge in [-0.05, 0) is 31.2 Å². The molecule has 1 heterocycles. The number of hydrogen-bond acceptors (Lipinski definition) is 2. The average Bonchev–Trinajstić information content (AvgIpc) is 2.40. The zero-order valence-corrected chi connectivity index (χ0v) is 10.7. The van der Waals surface area contributed by atoms with Crippen molar-refractivity contribution in [3.8, 4) is 0 Å². The number of halogens is 1. The lowest BCUT2D eigenvalue weighted by Crippen LogP contribution is -1.92. The molecule has 0 saturated heterocycles. The van der Waals surface area contributed by atoms with Crippen molar-refractivity contribution in [2.45, 2.75) is 11.8 Å². The number of aryl methyl sites for hydroxylation is 1. The van der Waals surface area contributed by atoms with Crippen LogP contribution in [0.4, 0.5) is 4.39 Å². The molecule has 1 aromatic heterocycles.